The zero-order valence-electron chi connectivity index (χ0n) is 14.8. The van der Waals surface area contributed by atoms with Gasteiger partial charge in [-0.2, -0.15) is 5.10 Å². The lowest BCUT2D eigenvalue weighted by atomic mass is 10.0. The number of aromatic nitrogens is 3. The first-order valence-corrected chi connectivity index (χ1v) is 8.43. The van der Waals surface area contributed by atoms with Crippen molar-refractivity contribution in [1.82, 2.24) is 25.0 Å². The summed E-state index contributed by atoms with van der Waals surface area (Å²) in [5.74, 6) is 1.62. The molecule has 128 valence electrons. The van der Waals surface area contributed by atoms with Crippen LogP contribution in [-0.2, 0) is 19.5 Å². The van der Waals surface area contributed by atoms with Gasteiger partial charge in [-0.1, -0.05) is 29.3 Å². The highest BCUT2D eigenvalue weighted by Crippen LogP contribution is 2.13. The van der Waals surface area contributed by atoms with E-state index in [-0.39, 0.29) is 12.1 Å². The molecule has 1 aliphatic rings. The molecule has 0 radical (unpaired) electrons. The van der Waals surface area contributed by atoms with Gasteiger partial charge in [0, 0.05) is 12.6 Å². The minimum absolute atomic E-state index is 0.0289. The number of hydrogen-bond donors (Lipinski definition) is 1. The molecule has 1 atom stereocenters. The van der Waals surface area contributed by atoms with Crippen LogP contribution >= 0.6 is 0 Å². The smallest absolute Gasteiger partial charge is 0.318 e. The van der Waals surface area contributed by atoms with Crippen LogP contribution in [0.4, 0.5) is 4.79 Å². The Morgan fingerprint density at radius 1 is 1.21 bits per heavy atom. The van der Waals surface area contributed by atoms with Crippen molar-refractivity contribution in [2.24, 2.45) is 0 Å². The predicted molar refractivity (Wildman–Crippen MR) is 92.8 cm³/mol. The van der Waals surface area contributed by atoms with Gasteiger partial charge in [-0.3, -0.25) is 0 Å². The van der Waals surface area contributed by atoms with E-state index in [0.29, 0.717) is 19.6 Å². The summed E-state index contributed by atoms with van der Waals surface area (Å²) in [7, 11) is 0. The number of hydrogen-bond acceptors (Lipinski definition) is 3. The number of nitrogens with zero attached hydrogens (tertiary/aromatic N) is 4. The third kappa shape index (κ3) is 3.75. The zero-order chi connectivity index (χ0) is 17.3. The summed E-state index contributed by atoms with van der Waals surface area (Å²) in [5.41, 5.74) is 3.78. The SMILES string of the molecule is Cc1cc(C)cc(C[C@H](C)NC(=O)N2CCn3nc(C)nc3C2)c1. The first-order chi connectivity index (χ1) is 11.4. The van der Waals surface area contributed by atoms with Gasteiger partial charge < -0.3 is 10.2 Å². The molecule has 24 heavy (non-hydrogen) atoms. The predicted octanol–water partition coefficient (Wildman–Crippen LogP) is 2.36. The maximum absolute atomic E-state index is 12.5. The number of rotatable bonds is 3. The monoisotopic (exact) mass is 327 g/mol. The Bertz CT molecular complexity index is 732. The molecule has 1 aromatic heterocycles. The van der Waals surface area contributed by atoms with Crippen LogP contribution in [0.3, 0.4) is 0 Å². The van der Waals surface area contributed by atoms with Crippen LogP contribution in [0.5, 0.6) is 0 Å². The van der Waals surface area contributed by atoms with Crippen LogP contribution < -0.4 is 5.32 Å². The number of amides is 2. The molecule has 2 aromatic rings. The van der Waals surface area contributed by atoms with E-state index in [1.54, 1.807) is 4.90 Å². The molecule has 0 saturated heterocycles. The fraction of sp³-hybridized carbons (Fsp3) is 0.500. The average molecular weight is 327 g/mol. The fourth-order valence-corrected chi connectivity index (χ4v) is 3.33. The molecule has 0 fully saturated rings. The molecule has 2 heterocycles. The van der Waals surface area contributed by atoms with Crippen LogP contribution in [0.2, 0.25) is 0 Å². The molecule has 1 aromatic carbocycles. The number of benzene rings is 1. The number of nitrogens with one attached hydrogen (secondary N) is 1. The van der Waals surface area contributed by atoms with E-state index in [0.717, 1.165) is 18.1 Å². The summed E-state index contributed by atoms with van der Waals surface area (Å²) in [6.45, 7) is 10.0. The normalized spacial score (nSPS) is 15.1. The van der Waals surface area contributed by atoms with Gasteiger partial charge in [0.15, 0.2) is 0 Å². The van der Waals surface area contributed by atoms with Gasteiger partial charge in [-0.15, -0.1) is 0 Å². The summed E-state index contributed by atoms with van der Waals surface area (Å²) in [5, 5.41) is 7.43. The second-order valence-corrected chi connectivity index (χ2v) is 6.77. The summed E-state index contributed by atoms with van der Waals surface area (Å²) < 4.78 is 1.89. The van der Waals surface area contributed by atoms with Gasteiger partial charge in [0.05, 0.1) is 13.1 Å². The Hall–Kier alpha value is -2.37. The van der Waals surface area contributed by atoms with Crippen molar-refractivity contribution in [1.29, 1.82) is 0 Å². The summed E-state index contributed by atoms with van der Waals surface area (Å²) in [6, 6.07) is 6.58. The van der Waals surface area contributed by atoms with Crippen molar-refractivity contribution in [2.45, 2.75) is 53.2 Å². The van der Waals surface area contributed by atoms with E-state index in [4.69, 9.17) is 0 Å². The van der Waals surface area contributed by atoms with Crippen LogP contribution in [-0.4, -0.2) is 38.3 Å². The lowest BCUT2D eigenvalue weighted by molar-refractivity contribution is 0.176. The van der Waals surface area contributed by atoms with Crippen molar-refractivity contribution < 1.29 is 4.79 Å². The summed E-state index contributed by atoms with van der Waals surface area (Å²) in [6.07, 6.45) is 0.831. The van der Waals surface area contributed by atoms with Crippen LogP contribution in [0, 0.1) is 20.8 Å². The first-order valence-electron chi connectivity index (χ1n) is 8.43. The maximum Gasteiger partial charge on any atom is 0.318 e. The average Bonchev–Trinajstić information content (AvgIpc) is 2.84. The van der Waals surface area contributed by atoms with Gasteiger partial charge in [0.2, 0.25) is 0 Å². The van der Waals surface area contributed by atoms with Gasteiger partial charge in [0.1, 0.15) is 11.6 Å². The largest absolute Gasteiger partial charge is 0.335 e. The lowest BCUT2D eigenvalue weighted by Crippen LogP contribution is -2.47. The molecule has 1 aliphatic heterocycles. The zero-order valence-corrected chi connectivity index (χ0v) is 14.8. The molecule has 2 amide bonds. The minimum atomic E-state index is -0.0289. The van der Waals surface area contributed by atoms with Crippen LogP contribution in [0.1, 0.15) is 35.3 Å². The van der Waals surface area contributed by atoms with Gasteiger partial charge in [0.25, 0.3) is 0 Å². The first kappa shape index (κ1) is 16.5. The van der Waals surface area contributed by atoms with Crippen molar-refractivity contribution >= 4 is 6.03 Å². The number of fused-ring (bicyclic) bond motifs is 1. The van der Waals surface area contributed by atoms with Gasteiger partial charge in [-0.25, -0.2) is 14.5 Å². The summed E-state index contributed by atoms with van der Waals surface area (Å²) >= 11 is 0. The highest BCUT2D eigenvalue weighted by atomic mass is 16.2. The standard InChI is InChI=1S/C18H25N5O/c1-12-7-13(2)9-16(8-12)10-14(3)19-18(24)22-5-6-23-17(11-22)20-15(4)21-23/h7-9,14H,5-6,10-11H2,1-4H3,(H,19,24)/t14-/m0/s1. The van der Waals surface area contributed by atoms with E-state index in [9.17, 15) is 4.79 Å². The Balaban J connectivity index is 1.58. The van der Waals surface area contributed by atoms with Gasteiger partial charge >= 0.3 is 6.03 Å². The molecular weight excluding hydrogens is 302 g/mol. The number of carbonyl (C=O) groups excluding carboxylic acids is 1. The third-order valence-corrected chi connectivity index (χ3v) is 4.25. The molecule has 0 bridgehead atoms. The molecule has 0 unspecified atom stereocenters. The quantitative estimate of drug-likeness (QED) is 0.941. The fourth-order valence-electron chi connectivity index (χ4n) is 3.33. The van der Waals surface area contributed by atoms with Crippen LogP contribution in [0.15, 0.2) is 18.2 Å². The molecule has 1 N–H and O–H groups in total. The topological polar surface area (TPSA) is 63.1 Å². The molecule has 6 heteroatoms. The van der Waals surface area contributed by atoms with Crippen molar-refractivity contribution in [3.05, 3.63) is 46.5 Å². The van der Waals surface area contributed by atoms with E-state index >= 15 is 0 Å². The Morgan fingerprint density at radius 3 is 2.62 bits per heavy atom. The van der Waals surface area contributed by atoms with E-state index in [1.165, 1.54) is 16.7 Å². The van der Waals surface area contributed by atoms with Gasteiger partial charge in [-0.05, 0) is 39.7 Å². The Morgan fingerprint density at radius 2 is 1.92 bits per heavy atom. The molecular formula is C18H25N5O. The highest BCUT2D eigenvalue weighted by molar-refractivity contribution is 5.74. The minimum Gasteiger partial charge on any atom is -0.335 e. The number of aryl methyl sites for hydroxylation is 3. The summed E-state index contributed by atoms with van der Waals surface area (Å²) in [4.78, 5) is 18.7. The number of carbonyl (C=O) groups is 1. The molecule has 3 rings (SSSR count). The molecule has 0 saturated carbocycles. The Kier molecular flexibility index (Phi) is 4.55. The van der Waals surface area contributed by atoms with Crippen LogP contribution in [0.25, 0.3) is 0 Å². The Labute approximate surface area is 142 Å². The molecule has 0 spiro atoms. The number of urea groups is 1. The second kappa shape index (κ2) is 6.63. The lowest BCUT2D eigenvalue weighted by Gasteiger charge is -2.28. The second-order valence-electron chi connectivity index (χ2n) is 6.77. The maximum atomic E-state index is 12.5. The van der Waals surface area contributed by atoms with E-state index in [2.05, 4.69) is 47.4 Å². The molecule has 0 aliphatic carbocycles. The third-order valence-electron chi connectivity index (χ3n) is 4.25. The highest BCUT2D eigenvalue weighted by Gasteiger charge is 2.23. The van der Waals surface area contributed by atoms with Crippen molar-refractivity contribution in [3.63, 3.8) is 0 Å². The van der Waals surface area contributed by atoms with Crippen molar-refractivity contribution in [2.75, 3.05) is 6.54 Å². The van der Waals surface area contributed by atoms with E-state index in [1.807, 2.05) is 18.5 Å². The molecule has 6 nitrogen and oxygen atoms in total. The van der Waals surface area contributed by atoms with Crippen molar-refractivity contribution in [3.8, 4) is 0 Å². The van der Waals surface area contributed by atoms with E-state index < -0.39 is 0 Å².